The Labute approximate surface area is 103 Å². The molecule has 0 bridgehead atoms. The molecule has 1 saturated heterocycles. The molecule has 1 amide bonds. The van der Waals surface area contributed by atoms with Crippen molar-refractivity contribution in [1.29, 1.82) is 0 Å². The van der Waals surface area contributed by atoms with Gasteiger partial charge in [0.15, 0.2) is 0 Å². The molecule has 0 unspecified atom stereocenters. The summed E-state index contributed by atoms with van der Waals surface area (Å²) in [6, 6.07) is 0. The summed E-state index contributed by atoms with van der Waals surface area (Å²) < 4.78 is 5.04. The van der Waals surface area contributed by atoms with Gasteiger partial charge in [-0.2, -0.15) is 0 Å². The first-order valence-corrected chi connectivity index (χ1v) is 5.70. The second kappa shape index (κ2) is 6.03. The monoisotopic (exact) mass is 235 g/mol. The topological polar surface area (TPSA) is 46.6 Å². The number of carbonyl (C=O) groups excluding carboxylic acids is 2. The smallest absolute Gasteiger partial charge is 0.312 e. The Hall–Kier alpha value is -1.06. The highest BCUT2D eigenvalue weighted by atomic mass is 16.5. The van der Waals surface area contributed by atoms with Gasteiger partial charge in [0.05, 0.1) is 18.9 Å². The van der Waals surface area contributed by atoms with Crippen molar-refractivity contribution in [1.82, 2.24) is 4.90 Å². The van der Waals surface area contributed by atoms with Crippen molar-refractivity contribution in [2.45, 2.75) is 25.7 Å². The summed E-state index contributed by atoms with van der Waals surface area (Å²) in [7, 11) is 0. The highest BCUT2D eigenvalue weighted by Gasteiger charge is 2.39. The molecule has 0 spiro atoms. The summed E-state index contributed by atoms with van der Waals surface area (Å²) in [5.41, 5.74) is -0.999. The first-order chi connectivity index (χ1) is 7.99. The zero-order valence-electron chi connectivity index (χ0n) is 9.85. The number of ether oxygens (including phenoxy) is 1. The maximum absolute atomic E-state index is 11.7. The second-order valence-electron chi connectivity index (χ2n) is 4.26. The van der Waals surface area contributed by atoms with E-state index in [1.807, 2.05) is 0 Å². The van der Waals surface area contributed by atoms with Crippen LogP contribution in [0.4, 0.5) is 0 Å². The van der Waals surface area contributed by atoms with Crippen molar-refractivity contribution < 1.29 is 14.3 Å². The van der Waals surface area contributed by atoms with Crippen molar-refractivity contribution in [3.05, 3.63) is 20.8 Å². The number of unbranched alkanes of at least 4 members (excludes halogenated alkanes) is 1. The van der Waals surface area contributed by atoms with Crippen LogP contribution in [-0.4, -0.2) is 36.5 Å². The molecular formula is C13H17NO3. The molecule has 4 nitrogen and oxygen atoms in total. The molecule has 0 aliphatic carbocycles. The van der Waals surface area contributed by atoms with Gasteiger partial charge in [-0.15, -0.1) is 0 Å². The fraction of sp³-hybridized carbons (Fsp3) is 0.615. The molecule has 0 aromatic rings. The van der Waals surface area contributed by atoms with Crippen LogP contribution in [0.15, 0.2) is 0 Å². The van der Waals surface area contributed by atoms with Crippen LogP contribution in [0.1, 0.15) is 25.7 Å². The molecule has 0 aromatic carbocycles. The predicted molar refractivity (Wildman–Crippen MR) is 61.3 cm³/mol. The van der Waals surface area contributed by atoms with Gasteiger partial charge < -0.3 is 9.64 Å². The molecule has 1 aliphatic heterocycles. The number of rotatable bonds is 4. The van der Waals surface area contributed by atoms with Gasteiger partial charge in [-0.3, -0.25) is 9.59 Å². The average Bonchev–Trinajstić information content (AvgIpc) is 2.29. The normalized spacial score (nSPS) is 18.9. The van der Waals surface area contributed by atoms with Crippen LogP contribution >= 0.6 is 0 Å². The zero-order valence-corrected chi connectivity index (χ0v) is 9.85. The van der Waals surface area contributed by atoms with Gasteiger partial charge in [0.2, 0.25) is 5.91 Å². The lowest BCUT2D eigenvalue weighted by Crippen LogP contribution is -2.45. The third-order valence-electron chi connectivity index (χ3n) is 2.96. The lowest BCUT2D eigenvalue weighted by atomic mass is 9.80. The Morgan fingerprint density at radius 1 is 1.29 bits per heavy atom. The van der Waals surface area contributed by atoms with Crippen molar-refractivity contribution in [2.75, 3.05) is 19.7 Å². The summed E-state index contributed by atoms with van der Waals surface area (Å²) in [5, 5.41) is 0. The number of likely N-dealkylation sites (tertiary alicyclic amines) is 1. The third kappa shape index (κ3) is 3.72. The lowest BCUT2D eigenvalue weighted by Gasteiger charge is -2.36. The molecule has 0 N–H and O–H groups in total. The fourth-order valence-electron chi connectivity index (χ4n) is 1.72. The van der Waals surface area contributed by atoms with E-state index in [1.165, 1.54) is 4.90 Å². The molecule has 0 saturated carbocycles. The third-order valence-corrected chi connectivity index (χ3v) is 2.96. The standard InChI is InChI=1S/C13H17NO3/c1-4-5-10-17-12(16)13(3)6-8-14(9-7-13)11(2)15/h1-3H,4-10H2. The minimum absolute atomic E-state index is 0.286. The van der Waals surface area contributed by atoms with Crippen LogP contribution in [0.5, 0.6) is 0 Å². The van der Waals surface area contributed by atoms with E-state index in [1.54, 1.807) is 0 Å². The maximum atomic E-state index is 11.7. The summed E-state index contributed by atoms with van der Waals surface area (Å²) in [4.78, 5) is 24.1. The summed E-state index contributed by atoms with van der Waals surface area (Å²) >= 11 is 0. The Bertz CT molecular complexity index is 280. The molecule has 17 heavy (non-hydrogen) atoms. The van der Waals surface area contributed by atoms with Crippen LogP contribution in [-0.2, 0) is 14.3 Å². The number of carbonyl (C=O) groups is 2. The van der Waals surface area contributed by atoms with Crippen LogP contribution in [0.2, 0.25) is 0 Å². The van der Waals surface area contributed by atoms with E-state index >= 15 is 0 Å². The highest BCUT2D eigenvalue weighted by Crippen LogP contribution is 2.31. The molecule has 1 rings (SSSR count). The number of piperidine rings is 1. The highest BCUT2D eigenvalue weighted by molar-refractivity contribution is 5.81. The number of nitrogens with zero attached hydrogens (tertiary/aromatic N) is 1. The van der Waals surface area contributed by atoms with Gasteiger partial charge in [-0.25, -0.2) is 0 Å². The predicted octanol–water partition coefficient (Wildman–Crippen LogP) is 1.05. The quantitative estimate of drug-likeness (QED) is 0.540. The maximum Gasteiger partial charge on any atom is 0.312 e. The Kier molecular flexibility index (Phi) is 4.97. The molecular weight excluding hydrogens is 218 g/mol. The number of hydrogen-bond acceptors (Lipinski definition) is 3. The van der Waals surface area contributed by atoms with Gasteiger partial charge in [-0.05, 0) is 39.5 Å². The van der Waals surface area contributed by atoms with Gasteiger partial charge in [0, 0.05) is 13.1 Å². The molecule has 4 heteroatoms. The van der Waals surface area contributed by atoms with E-state index in [9.17, 15) is 9.59 Å². The van der Waals surface area contributed by atoms with Gasteiger partial charge in [0.25, 0.3) is 0 Å². The van der Waals surface area contributed by atoms with Gasteiger partial charge in [0.1, 0.15) is 0 Å². The van der Waals surface area contributed by atoms with Gasteiger partial charge in [-0.1, -0.05) is 0 Å². The number of esters is 1. The first kappa shape index (κ1) is 14.0. The minimum Gasteiger partial charge on any atom is -0.465 e. The summed E-state index contributed by atoms with van der Waals surface area (Å²) in [6.45, 7) is 17.5. The van der Waals surface area contributed by atoms with Crippen LogP contribution in [0, 0.1) is 26.2 Å². The molecule has 0 aromatic heterocycles. The van der Waals surface area contributed by atoms with Crippen molar-refractivity contribution in [2.24, 2.45) is 5.41 Å². The second-order valence-corrected chi connectivity index (χ2v) is 4.26. The number of hydrogen-bond donors (Lipinski definition) is 0. The van der Waals surface area contributed by atoms with Crippen molar-refractivity contribution >= 4 is 11.9 Å². The fourth-order valence-corrected chi connectivity index (χ4v) is 1.72. The molecule has 6 radical (unpaired) electrons. The zero-order chi connectivity index (χ0) is 12.9. The summed E-state index contributed by atoms with van der Waals surface area (Å²) in [6.07, 6.45) is 1.84. The Morgan fingerprint density at radius 3 is 2.35 bits per heavy atom. The molecule has 1 fully saturated rings. The van der Waals surface area contributed by atoms with E-state index in [2.05, 4.69) is 0 Å². The van der Waals surface area contributed by atoms with E-state index in [0.717, 1.165) is 0 Å². The van der Waals surface area contributed by atoms with E-state index in [0.29, 0.717) is 38.8 Å². The van der Waals surface area contributed by atoms with Crippen LogP contribution in [0.3, 0.4) is 0 Å². The number of amides is 1. The van der Waals surface area contributed by atoms with E-state index in [-0.39, 0.29) is 6.61 Å². The van der Waals surface area contributed by atoms with E-state index in [4.69, 9.17) is 25.5 Å². The van der Waals surface area contributed by atoms with Crippen molar-refractivity contribution in [3.63, 3.8) is 0 Å². The van der Waals surface area contributed by atoms with Crippen LogP contribution < -0.4 is 0 Å². The molecule has 92 valence electrons. The lowest BCUT2D eigenvalue weighted by molar-refractivity contribution is -0.157. The average molecular weight is 235 g/mol. The molecule has 1 heterocycles. The Balaban J connectivity index is 2.42. The molecule has 1 aliphatic rings. The summed E-state index contributed by atoms with van der Waals surface area (Å²) in [5.74, 6) is -0.904. The first-order valence-electron chi connectivity index (χ1n) is 5.70. The van der Waals surface area contributed by atoms with E-state index < -0.39 is 17.3 Å². The minimum atomic E-state index is -0.999. The van der Waals surface area contributed by atoms with Crippen LogP contribution in [0.25, 0.3) is 0 Å². The van der Waals surface area contributed by atoms with Crippen molar-refractivity contribution in [3.8, 4) is 0 Å². The SMILES string of the molecule is [CH]CCCOC(=O)C1([CH])CCN(C([CH])=O)CC1. The Morgan fingerprint density at radius 2 is 1.88 bits per heavy atom. The largest absolute Gasteiger partial charge is 0.465 e. The van der Waals surface area contributed by atoms with Gasteiger partial charge >= 0.3 is 5.97 Å². The molecule has 0 atom stereocenters.